The summed E-state index contributed by atoms with van der Waals surface area (Å²) >= 11 is 0. The zero-order chi connectivity index (χ0) is 4.41. The van der Waals surface area contributed by atoms with E-state index in [0.29, 0.717) is 0 Å². The Morgan fingerprint density at radius 2 is 2.83 bits per heavy atom. The molecule has 3 nitrogen and oxygen atoms in total. The number of hydrogen-bond acceptors (Lipinski definition) is 3. The highest BCUT2D eigenvalue weighted by Gasteiger charge is 2.05. The average molecular weight is 84.1 g/mol. The van der Waals surface area contributed by atoms with Crippen molar-refractivity contribution < 1.29 is 4.84 Å². The van der Waals surface area contributed by atoms with Crippen molar-refractivity contribution in [3.8, 4) is 0 Å². The minimum atomic E-state index is 0.815. The Morgan fingerprint density at radius 3 is 3.00 bits per heavy atom. The zero-order valence-electron chi connectivity index (χ0n) is 3.38. The standard InChI is InChI=1S/C3H4N2O/c1-3-2-6-5-4-3/h2H,1H3/q+1. The van der Waals surface area contributed by atoms with Gasteiger partial charge in [0.2, 0.25) is 6.26 Å². The van der Waals surface area contributed by atoms with Crippen LogP contribution in [0.15, 0.2) is 17.1 Å². The third kappa shape index (κ3) is 0.381. The van der Waals surface area contributed by atoms with E-state index in [0.717, 1.165) is 5.70 Å². The first-order chi connectivity index (χ1) is 2.89. The van der Waals surface area contributed by atoms with E-state index in [2.05, 4.69) is 15.2 Å². The molecule has 0 aromatic carbocycles. The van der Waals surface area contributed by atoms with Crippen molar-refractivity contribution in [1.82, 2.24) is 5.28 Å². The van der Waals surface area contributed by atoms with Crippen molar-refractivity contribution in [2.24, 2.45) is 5.11 Å². The van der Waals surface area contributed by atoms with Crippen LogP contribution in [0.1, 0.15) is 6.92 Å². The predicted molar refractivity (Wildman–Crippen MR) is 19.4 cm³/mol. The topological polar surface area (TPSA) is 35.7 Å². The van der Waals surface area contributed by atoms with Crippen molar-refractivity contribution >= 4 is 0 Å². The maximum atomic E-state index is 4.35. The smallest absolute Gasteiger partial charge is 0.151 e. The molecule has 0 bridgehead atoms. The van der Waals surface area contributed by atoms with Gasteiger partial charge in [-0.25, -0.2) is 0 Å². The Hall–Kier alpha value is -0.860. The summed E-state index contributed by atoms with van der Waals surface area (Å²) in [6.07, 6.45) is 1.49. The second-order valence-corrected chi connectivity index (χ2v) is 1.05. The van der Waals surface area contributed by atoms with Gasteiger partial charge in [0.1, 0.15) is 5.11 Å². The second kappa shape index (κ2) is 1.08. The number of rotatable bonds is 0. The molecule has 0 fully saturated rings. The summed E-state index contributed by atoms with van der Waals surface area (Å²) in [5.41, 5.74) is 0.815. The Labute approximate surface area is 35.3 Å². The van der Waals surface area contributed by atoms with Crippen LogP contribution in [-0.4, -0.2) is 0 Å². The predicted octanol–water partition coefficient (Wildman–Crippen LogP) is 0.581. The molecule has 0 aromatic heterocycles. The Morgan fingerprint density at radius 1 is 2.00 bits per heavy atom. The van der Waals surface area contributed by atoms with Crippen molar-refractivity contribution in [2.45, 2.75) is 6.92 Å². The van der Waals surface area contributed by atoms with Gasteiger partial charge in [0.15, 0.2) is 5.70 Å². The lowest BCUT2D eigenvalue weighted by Crippen LogP contribution is -1.68. The minimum absolute atomic E-state index is 0.815. The van der Waals surface area contributed by atoms with Crippen LogP contribution >= 0.6 is 0 Å². The van der Waals surface area contributed by atoms with Crippen molar-refractivity contribution in [3.05, 3.63) is 12.0 Å². The van der Waals surface area contributed by atoms with Crippen LogP contribution in [0, 0.1) is 0 Å². The van der Waals surface area contributed by atoms with Gasteiger partial charge in [-0.05, 0) is 6.92 Å². The molecule has 1 aliphatic rings. The fourth-order valence-corrected chi connectivity index (χ4v) is 0.211. The Bertz CT molecular complexity index is 103. The number of allylic oxidation sites excluding steroid dienone is 1. The molecule has 0 saturated heterocycles. The van der Waals surface area contributed by atoms with Gasteiger partial charge in [-0.1, -0.05) is 0 Å². The molecular formula is C3H4N2O+. The highest BCUT2D eigenvalue weighted by atomic mass is 16.6. The number of nitrogens with zero attached hydrogens (tertiary/aromatic N) is 2. The van der Waals surface area contributed by atoms with Gasteiger partial charge in [0.25, 0.3) is 0 Å². The first-order valence-electron chi connectivity index (χ1n) is 1.63. The van der Waals surface area contributed by atoms with E-state index < -0.39 is 0 Å². The zero-order valence-corrected chi connectivity index (χ0v) is 3.38. The van der Waals surface area contributed by atoms with Gasteiger partial charge < -0.3 is 0 Å². The molecular weight excluding hydrogens is 80.0 g/mol. The van der Waals surface area contributed by atoms with Crippen LogP contribution in [0.25, 0.3) is 0 Å². The molecule has 1 rings (SSSR count). The summed E-state index contributed by atoms with van der Waals surface area (Å²) in [5.74, 6) is 0. The lowest BCUT2D eigenvalue weighted by molar-refractivity contribution is 0.199. The van der Waals surface area contributed by atoms with Gasteiger partial charge >= 0.3 is 5.28 Å². The Balaban J connectivity index is 2.68. The average Bonchev–Trinajstić information content (AvgIpc) is 1.86. The molecule has 6 heavy (non-hydrogen) atoms. The molecule has 0 atom stereocenters. The lowest BCUT2D eigenvalue weighted by atomic mass is 10.6. The summed E-state index contributed by atoms with van der Waals surface area (Å²) in [4.78, 5) is 4.35. The summed E-state index contributed by atoms with van der Waals surface area (Å²) < 4.78 is 0. The summed E-state index contributed by atoms with van der Waals surface area (Å²) in [6, 6.07) is 0. The molecule has 0 amide bonds. The minimum Gasteiger partial charge on any atom is -0.151 e. The molecule has 0 unspecified atom stereocenters. The van der Waals surface area contributed by atoms with Crippen LogP contribution in [0.4, 0.5) is 0 Å². The molecule has 0 N–H and O–H groups in total. The van der Waals surface area contributed by atoms with Crippen molar-refractivity contribution in [3.63, 3.8) is 0 Å². The van der Waals surface area contributed by atoms with Crippen LogP contribution in [0.5, 0.6) is 0 Å². The van der Waals surface area contributed by atoms with Gasteiger partial charge in [-0.3, -0.25) is 0 Å². The van der Waals surface area contributed by atoms with E-state index in [1.807, 2.05) is 6.92 Å². The molecule has 1 aliphatic heterocycles. The van der Waals surface area contributed by atoms with Crippen LogP contribution in [0.3, 0.4) is 0 Å². The molecule has 1 heterocycles. The molecule has 0 aliphatic carbocycles. The maximum absolute atomic E-state index is 4.35. The van der Waals surface area contributed by atoms with Crippen molar-refractivity contribution in [2.75, 3.05) is 0 Å². The molecule has 1 radical (unpaired) electrons. The fourth-order valence-electron chi connectivity index (χ4n) is 0.211. The molecule has 0 spiro atoms. The second-order valence-electron chi connectivity index (χ2n) is 1.05. The highest BCUT2D eigenvalue weighted by Crippen LogP contribution is 1.96. The van der Waals surface area contributed by atoms with Crippen LogP contribution in [0.2, 0.25) is 0 Å². The van der Waals surface area contributed by atoms with Gasteiger partial charge in [-0.15, -0.1) is 0 Å². The summed E-state index contributed by atoms with van der Waals surface area (Å²) in [5, 5.41) is 6.70. The monoisotopic (exact) mass is 84.0 g/mol. The van der Waals surface area contributed by atoms with Gasteiger partial charge in [0.05, 0.1) is 0 Å². The van der Waals surface area contributed by atoms with E-state index in [-0.39, 0.29) is 0 Å². The van der Waals surface area contributed by atoms with E-state index in [9.17, 15) is 0 Å². The molecule has 0 saturated carbocycles. The Kier molecular flexibility index (Phi) is 0.602. The first kappa shape index (κ1) is 3.33. The lowest BCUT2D eigenvalue weighted by Gasteiger charge is -1.56. The first-order valence-corrected chi connectivity index (χ1v) is 1.63. The van der Waals surface area contributed by atoms with E-state index in [4.69, 9.17) is 0 Å². The maximum Gasteiger partial charge on any atom is 0.467 e. The number of hydrogen-bond donors (Lipinski definition) is 0. The van der Waals surface area contributed by atoms with Crippen LogP contribution < -0.4 is 5.28 Å². The van der Waals surface area contributed by atoms with Gasteiger partial charge in [-0.2, -0.15) is 4.84 Å². The van der Waals surface area contributed by atoms with E-state index in [1.54, 1.807) is 0 Å². The molecule has 0 aromatic rings. The van der Waals surface area contributed by atoms with E-state index in [1.165, 1.54) is 6.26 Å². The third-order valence-corrected chi connectivity index (χ3v) is 0.469. The normalized spacial score (nSPS) is 17.2. The molecule has 31 valence electrons. The van der Waals surface area contributed by atoms with Crippen molar-refractivity contribution in [1.29, 1.82) is 0 Å². The van der Waals surface area contributed by atoms with E-state index >= 15 is 0 Å². The SMILES string of the molecule is CC1=CO[N+]=N1. The summed E-state index contributed by atoms with van der Waals surface area (Å²) in [6.45, 7) is 1.82. The third-order valence-electron chi connectivity index (χ3n) is 0.469. The molecule has 3 heteroatoms. The largest absolute Gasteiger partial charge is 0.467 e. The van der Waals surface area contributed by atoms with Gasteiger partial charge in [0, 0.05) is 0 Å². The fraction of sp³-hybridized carbons (Fsp3) is 0.333. The summed E-state index contributed by atoms with van der Waals surface area (Å²) in [7, 11) is 0. The van der Waals surface area contributed by atoms with Crippen LogP contribution in [-0.2, 0) is 4.84 Å². The quantitative estimate of drug-likeness (QED) is 0.423. The highest BCUT2D eigenvalue weighted by molar-refractivity contribution is 4.89.